The number of carbonyl (C=O) groups excluding carboxylic acids is 1. The van der Waals surface area contributed by atoms with Gasteiger partial charge in [-0.05, 0) is 50.1 Å². The smallest absolute Gasteiger partial charge is 0.267 e. The molecule has 1 unspecified atom stereocenters. The molecule has 0 bridgehead atoms. The molecule has 0 fully saturated rings. The van der Waals surface area contributed by atoms with E-state index in [1.807, 2.05) is 62.4 Å². The van der Waals surface area contributed by atoms with Crippen LogP contribution in [0.2, 0.25) is 0 Å². The molecular formula is C18H21NO2. The Morgan fingerprint density at radius 1 is 1.05 bits per heavy atom. The Bertz CT molecular complexity index is 622. The Hall–Kier alpha value is -2.29. The van der Waals surface area contributed by atoms with E-state index in [1.165, 1.54) is 0 Å². The summed E-state index contributed by atoms with van der Waals surface area (Å²) < 4.78 is 5.84. The van der Waals surface area contributed by atoms with Crippen molar-refractivity contribution in [2.24, 2.45) is 0 Å². The second-order valence-corrected chi connectivity index (χ2v) is 5.19. The van der Waals surface area contributed by atoms with Crippen molar-refractivity contribution in [1.82, 2.24) is 0 Å². The molecule has 0 heterocycles. The first kappa shape index (κ1) is 15.1. The minimum absolute atomic E-state index is 0.0675. The molecule has 21 heavy (non-hydrogen) atoms. The summed E-state index contributed by atoms with van der Waals surface area (Å²) >= 11 is 0. The highest BCUT2D eigenvalue weighted by molar-refractivity contribution is 5.96. The van der Waals surface area contributed by atoms with Crippen molar-refractivity contribution in [2.45, 2.75) is 26.9 Å². The monoisotopic (exact) mass is 283 g/mol. The molecule has 0 aliphatic rings. The molecule has 2 aromatic carbocycles. The van der Waals surface area contributed by atoms with Crippen LogP contribution in [-0.4, -0.2) is 19.1 Å². The average molecular weight is 283 g/mol. The van der Waals surface area contributed by atoms with Crippen molar-refractivity contribution in [3.8, 4) is 5.75 Å². The summed E-state index contributed by atoms with van der Waals surface area (Å²) in [7, 11) is 1.76. The molecule has 2 rings (SSSR count). The molecule has 3 heteroatoms. The largest absolute Gasteiger partial charge is 0.481 e. The molecule has 0 spiro atoms. The molecule has 1 amide bonds. The van der Waals surface area contributed by atoms with Crippen molar-refractivity contribution in [2.75, 3.05) is 11.9 Å². The summed E-state index contributed by atoms with van der Waals surface area (Å²) in [5.74, 6) is 0.694. The standard InChI is InChI=1S/C18H21NO2/c1-13-9-8-12-17(14(13)2)21-15(3)18(20)19(4)16-10-6-5-7-11-16/h5-12,15H,1-4H3. The Morgan fingerprint density at radius 3 is 2.38 bits per heavy atom. The molecule has 0 N–H and O–H groups in total. The molecule has 0 radical (unpaired) electrons. The van der Waals surface area contributed by atoms with Gasteiger partial charge in [-0.1, -0.05) is 30.3 Å². The number of likely N-dealkylation sites (N-methyl/N-ethyl adjacent to an activating group) is 1. The number of benzene rings is 2. The first-order valence-electron chi connectivity index (χ1n) is 7.06. The highest BCUT2D eigenvalue weighted by atomic mass is 16.5. The Labute approximate surface area is 126 Å². The molecule has 110 valence electrons. The van der Waals surface area contributed by atoms with E-state index in [1.54, 1.807) is 18.9 Å². The molecule has 0 aliphatic heterocycles. The first-order chi connectivity index (χ1) is 10.0. The molecule has 3 nitrogen and oxygen atoms in total. The summed E-state index contributed by atoms with van der Waals surface area (Å²) in [6.45, 7) is 5.82. The maximum absolute atomic E-state index is 12.4. The van der Waals surface area contributed by atoms with Gasteiger partial charge in [0.2, 0.25) is 0 Å². The van der Waals surface area contributed by atoms with Crippen LogP contribution in [0.25, 0.3) is 0 Å². The fourth-order valence-electron chi connectivity index (χ4n) is 2.14. The second kappa shape index (κ2) is 6.44. The predicted molar refractivity (Wildman–Crippen MR) is 85.9 cm³/mol. The molecule has 2 aromatic rings. The van der Waals surface area contributed by atoms with Crippen LogP contribution >= 0.6 is 0 Å². The zero-order valence-corrected chi connectivity index (χ0v) is 13.0. The van der Waals surface area contributed by atoms with Gasteiger partial charge in [0.1, 0.15) is 5.75 Å². The van der Waals surface area contributed by atoms with Crippen LogP contribution in [0, 0.1) is 13.8 Å². The fraction of sp³-hybridized carbons (Fsp3) is 0.278. The van der Waals surface area contributed by atoms with Crippen LogP contribution in [0.3, 0.4) is 0 Å². The number of hydrogen-bond donors (Lipinski definition) is 0. The number of ether oxygens (including phenoxy) is 1. The number of hydrogen-bond acceptors (Lipinski definition) is 2. The molecule has 0 aliphatic carbocycles. The van der Waals surface area contributed by atoms with Crippen LogP contribution < -0.4 is 9.64 Å². The lowest BCUT2D eigenvalue weighted by atomic mass is 10.1. The molecule has 0 saturated carbocycles. The summed E-state index contributed by atoms with van der Waals surface area (Å²) in [6.07, 6.45) is -0.532. The number of anilines is 1. The minimum Gasteiger partial charge on any atom is -0.481 e. The van der Waals surface area contributed by atoms with Gasteiger partial charge in [0.25, 0.3) is 5.91 Å². The van der Waals surface area contributed by atoms with Crippen LogP contribution in [0.4, 0.5) is 5.69 Å². The van der Waals surface area contributed by atoms with E-state index < -0.39 is 6.10 Å². The zero-order valence-electron chi connectivity index (χ0n) is 13.0. The third-order valence-corrected chi connectivity index (χ3v) is 3.68. The number of para-hydroxylation sites is 1. The zero-order chi connectivity index (χ0) is 15.4. The summed E-state index contributed by atoms with van der Waals surface area (Å²) in [5.41, 5.74) is 3.09. The molecule has 0 aromatic heterocycles. The Morgan fingerprint density at radius 2 is 1.71 bits per heavy atom. The van der Waals surface area contributed by atoms with Crippen molar-refractivity contribution in [3.63, 3.8) is 0 Å². The number of nitrogens with zero attached hydrogens (tertiary/aromatic N) is 1. The van der Waals surface area contributed by atoms with Gasteiger partial charge in [0.05, 0.1) is 0 Å². The lowest BCUT2D eigenvalue weighted by Crippen LogP contribution is -2.38. The molecule has 1 atom stereocenters. The van der Waals surface area contributed by atoms with E-state index in [0.717, 1.165) is 22.6 Å². The first-order valence-corrected chi connectivity index (χ1v) is 7.06. The van der Waals surface area contributed by atoms with Crippen LogP contribution in [0.1, 0.15) is 18.1 Å². The van der Waals surface area contributed by atoms with Gasteiger partial charge in [-0.2, -0.15) is 0 Å². The van der Waals surface area contributed by atoms with Crippen molar-refractivity contribution in [3.05, 3.63) is 59.7 Å². The summed E-state index contributed by atoms with van der Waals surface area (Å²) in [6, 6.07) is 15.4. The van der Waals surface area contributed by atoms with Crippen molar-refractivity contribution >= 4 is 11.6 Å². The highest BCUT2D eigenvalue weighted by Crippen LogP contribution is 2.22. The van der Waals surface area contributed by atoms with Gasteiger partial charge in [0, 0.05) is 12.7 Å². The van der Waals surface area contributed by atoms with Gasteiger partial charge in [0.15, 0.2) is 6.10 Å². The maximum Gasteiger partial charge on any atom is 0.267 e. The fourth-order valence-corrected chi connectivity index (χ4v) is 2.14. The van der Waals surface area contributed by atoms with Gasteiger partial charge < -0.3 is 9.64 Å². The lowest BCUT2D eigenvalue weighted by Gasteiger charge is -2.23. The van der Waals surface area contributed by atoms with E-state index in [0.29, 0.717) is 0 Å². The molecule has 0 saturated heterocycles. The Balaban J connectivity index is 2.11. The van der Waals surface area contributed by atoms with Crippen molar-refractivity contribution in [1.29, 1.82) is 0 Å². The predicted octanol–water partition coefficient (Wildman–Crippen LogP) is 3.73. The number of aryl methyl sites for hydroxylation is 1. The topological polar surface area (TPSA) is 29.5 Å². The van der Waals surface area contributed by atoms with E-state index >= 15 is 0 Å². The van der Waals surface area contributed by atoms with E-state index in [9.17, 15) is 4.79 Å². The number of carbonyl (C=O) groups is 1. The third kappa shape index (κ3) is 3.43. The van der Waals surface area contributed by atoms with Gasteiger partial charge in [-0.25, -0.2) is 0 Å². The van der Waals surface area contributed by atoms with E-state index in [2.05, 4.69) is 0 Å². The Kier molecular flexibility index (Phi) is 4.63. The van der Waals surface area contributed by atoms with Gasteiger partial charge >= 0.3 is 0 Å². The highest BCUT2D eigenvalue weighted by Gasteiger charge is 2.21. The number of rotatable bonds is 4. The minimum atomic E-state index is -0.532. The molecular weight excluding hydrogens is 262 g/mol. The lowest BCUT2D eigenvalue weighted by molar-refractivity contribution is -0.124. The second-order valence-electron chi connectivity index (χ2n) is 5.19. The normalized spacial score (nSPS) is 11.8. The van der Waals surface area contributed by atoms with Gasteiger partial charge in [-0.15, -0.1) is 0 Å². The van der Waals surface area contributed by atoms with Gasteiger partial charge in [-0.3, -0.25) is 4.79 Å². The maximum atomic E-state index is 12.4. The van der Waals surface area contributed by atoms with E-state index in [-0.39, 0.29) is 5.91 Å². The van der Waals surface area contributed by atoms with Crippen LogP contribution in [-0.2, 0) is 4.79 Å². The van der Waals surface area contributed by atoms with Crippen LogP contribution in [0.15, 0.2) is 48.5 Å². The quantitative estimate of drug-likeness (QED) is 0.855. The van der Waals surface area contributed by atoms with Crippen LogP contribution in [0.5, 0.6) is 5.75 Å². The summed E-state index contributed by atoms with van der Waals surface area (Å²) in [4.78, 5) is 14.1. The van der Waals surface area contributed by atoms with Crippen molar-refractivity contribution < 1.29 is 9.53 Å². The summed E-state index contributed by atoms with van der Waals surface area (Å²) in [5, 5.41) is 0. The number of amides is 1. The SMILES string of the molecule is Cc1cccc(OC(C)C(=O)N(C)c2ccccc2)c1C. The van der Waals surface area contributed by atoms with E-state index in [4.69, 9.17) is 4.74 Å². The average Bonchev–Trinajstić information content (AvgIpc) is 2.51. The third-order valence-electron chi connectivity index (χ3n) is 3.68.